The van der Waals surface area contributed by atoms with Crippen molar-refractivity contribution in [2.75, 3.05) is 24.5 Å². The Hall–Kier alpha value is -3.06. The van der Waals surface area contributed by atoms with Crippen LogP contribution in [0.1, 0.15) is 37.9 Å². The first kappa shape index (κ1) is 23.1. The molecule has 0 atom stereocenters. The summed E-state index contributed by atoms with van der Waals surface area (Å²) in [5.74, 6) is 1.22. The SMILES string of the molecule is CC1=C\C\N=C(NC2CCN(c3cc(C)ncn3)CC2)/N=C(C)\C(c2ccc(F)cc2Cl)=C/1. The van der Waals surface area contributed by atoms with Gasteiger partial charge in [-0.15, -0.1) is 0 Å². The highest BCUT2D eigenvalue weighted by Crippen LogP contribution is 2.28. The van der Waals surface area contributed by atoms with E-state index >= 15 is 0 Å². The number of guanidine groups is 1. The number of aryl methyl sites for hydroxylation is 1. The summed E-state index contributed by atoms with van der Waals surface area (Å²) >= 11 is 6.36. The summed E-state index contributed by atoms with van der Waals surface area (Å²) in [6.07, 6.45) is 7.61. The molecule has 1 fully saturated rings. The number of rotatable bonds is 3. The lowest BCUT2D eigenvalue weighted by atomic mass is 9.99. The summed E-state index contributed by atoms with van der Waals surface area (Å²) in [6, 6.07) is 6.74. The second kappa shape index (κ2) is 10.3. The van der Waals surface area contributed by atoms with E-state index in [1.165, 1.54) is 12.1 Å². The Morgan fingerprint density at radius 3 is 2.61 bits per heavy atom. The van der Waals surface area contributed by atoms with Gasteiger partial charge in [0, 0.05) is 47.7 Å². The molecular weight excluding hydrogens is 439 g/mol. The van der Waals surface area contributed by atoms with Gasteiger partial charge in [-0.25, -0.2) is 24.3 Å². The molecule has 0 unspecified atom stereocenters. The molecule has 33 heavy (non-hydrogen) atoms. The minimum Gasteiger partial charge on any atom is -0.356 e. The van der Waals surface area contributed by atoms with Crippen molar-refractivity contribution in [2.24, 2.45) is 9.98 Å². The first-order chi connectivity index (χ1) is 15.9. The molecule has 0 aliphatic carbocycles. The van der Waals surface area contributed by atoms with Crippen LogP contribution in [0.5, 0.6) is 0 Å². The Morgan fingerprint density at radius 2 is 1.88 bits per heavy atom. The number of hydrogen-bond donors (Lipinski definition) is 1. The Kier molecular flexibility index (Phi) is 7.18. The molecule has 0 saturated carbocycles. The van der Waals surface area contributed by atoms with E-state index in [0.29, 0.717) is 17.5 Å². The van der Waals surface area contributed by atoms with Crippen molar-refractivity contribution >= 4 is 34.7 Å². The van der Waals surface area contributed by atoms with Gasteiger partial charge in [0.05, 0.1) is 11.6 Å². The Bertz CT molecular complexity index is 1150. The van der Waals surface area contributed by atoms with Gasteiger partial charge in [0.1, 0.15) is 18.0 Å². The number of aromatic nitrogens is 2. The highest BCUT2D eigenvalue weighted by molar-refractivity contribution is 6.36. The van der Waals surface area contributed by atoms with Crippen molar-refractivity contribution in [3.05, 3.63) is 70.4 Å². The van der Waals surface area contributed by atoms with Crippen LogP contribution in [0, 0.1) is 12.7 Å². The van der Waals surface area contributed by atoms with Gasteiger partial charge in [-0.1, -0.05) is 23.3 Å². The quantitative estimate of drug-likeness (QED) is 0.691. The molecule has 2 aliphatic rings. The largest absolute Gasteiger partial charge is 0.356 e. The van der Waals surface area contributed by atoms with Gasteiger partial charge < -0.3 is 10.2 Å². The lowest BCUT2D eigenvalue weighted by Gasteiger charge is -2.33. The van der Waals surface area contributed by atoms with Crippen LogP contribution in [0.2, 0.25) is 5.02 Å². The number of aliphatic imine (C=N–C) groups is 2. The monoisotopic (exact) mass is 466 g/mol. The summed E-state index contributed by atoms with van der Waals surface area (Å²) in [5.41, 5.74) is 4.41. The van der Waals surface area contributed by atoms with Crippen molar-refractivity contribution in [1.82, 2.24) is 15.3 Å². The van der Waals surface area contributed by atoms with Crippen LogP contribution in [-0.2, 0) is 0 Å². The van der Waals surface area contributed by atoms with E-state index in [9.17, 15) is 4.39 Å². The Labute approximate surface area is 199 Å². The summed E-state index contributed by atoms with van der Waals surface area (Å²) in [4.78, 5) is 20.4. The molecule has 6 nitrogen and oxygen atoms in total. The van der Waals surface area contributed by atoms with Gasteiger partial charge in [0.2, 0.25) is 5.96 Å². The van der Waals surface area contributed by atoms with E-state index in [1.807, 2.05) is 39.0 Å². The lowest BCUT2D eigenvalue weighted by Crippen LogP contribution is -2.44. The number of hydrogen-bond acceptors (Lipinski definition) is 6. The van der Waals surface area contributed by atoms with Gasteiger partial charge >= 0.3 is 0 Å². The third-order valence-corrected chi connectivity index (χ3v) is 6.17. The maximum atomic E-state index is 13.6. The van der Waals surface area contributed by atoms with Crippen molar-refractivity contribution in [3.63, 3.8) is 0 Å². The normalized spacial score (nSPS) is 24.1. The standard InChI is InChI=1S/C25H28ClFN6/c1-16-6-9-28-25(31-18(3)22(12-16)21-5-4-19(27)14-23(21)26)32-20-7-10-33(11-8-20)24-13-17(2)29-15-30-24/h4-6,12-15,20H,7-11H2,1-3H3,(H,28,32)/b16-6-,22-12+,31-18-. The molecule has 8 heteroatoms. The number of nitrogens with zero attached hydrogens (tertiary/aromatic N) is 5. The average Bonchev–Trinajstić information content (AvgIpc) is 2.84. The molecule has 2 aliphatic heterocycles. The zero-order valence-corrected chi connectivity index (χ0v) is 19.9. The predicted octanol–water partition coefficient (Wildman–Crippen LogP) is 5.00. The van der Waals surface area contributed by atoms with Crippen LogP contribution in [0.25, 0.3) is 5.57 Å². The smallest absolute Gasteiger partial charge is 0.218 e. The fraction of sp³-hybridized carbons (Fsp3) is 0.360. The second-order valence-corrected chi connectivity index (χ2v) is 8.82. The van der Waals surface area contributed by atoms with E-state index in [2.05, 4.69) is 25.2 Å². The highest BCUT2D eigenvalue weighted by Gasteiger charge is 2.22. The molecule has 1 aromatic heterocycles. The van der Waals surface area contributed by atoms with Gasteiger partial charge in [-0.05, 0) is 57.9 Å². The zero-order valence-electron chi connectivity index (χ0n) is 19.1. The van der Waals surface area contributed by atoms with Gasteiger partial charge in [0.15, 0.2) is 0 Å². The molecule has 2 aromatic rings. The summed E-state index contributed by atoms with van der Waals surface area (Å²) in [7, 11) is 0. The minimum atomic E-state index is -0.360. The van der Waals surface area contributed by atoms with E-state index in [1.54, 1.807) is 12.4 Å². The van der Waals surface area contributed by atoms with Crippen LogP contribution in [0.15, 0.2) is 58.3 Å². The first-order valence-corrected chi connectivity index (χ1v) is 11.5. The Morgan fingerprint density at radius 1 is 1.09 bits per heavy atom. The second-order valence-electron chi connectivity index (χ2n) is 8.42. The Balaban J connectivity index is 1.50. The van der Waals surface area contributed by atoms with Gasteiger partial charge in [0.25, 0.3) is 0 Å². The molecule has 1 aromatic carbocycles. The van der Waals surface area contributed by atoms with Crippen LogP contribution < -0.4 is 10.2 Å². The van der Waals surface area contributed by atoms with E-state index in [0.717, 1.165) is 59.9 Å². The predicted molar refractivity (Wildman–Crippen MR) is 134 cm³/mol. The number of piperidine rings is 1. The molecule has 172 valence electrons. The summed E-state index contributed by atoms with van der Waals surface area (Å²) < 4.78 is 13.6. The molecule has 3 heterocycles. The summed E-state index contributed by atoms with van der Waals surface area (Å²) in [5, 5.41) is 3.89. The maximum Gasteiger partial charge on any atom is 0.218 e. The number of halogens is 2. The van der Waals surface area contributed by atoms with Crippen molar-refractivity contribution in [2.45, 2.75) is 39.7 Å². The summed E-state index contributed by atoms with van der Waals surface area (Å²) in [6.45, 7) is 8.27. The van der Waals surface area contributed by atoms with E-state index in [4.69, 9.17) is 16.6 Å². The topological polar surface area (TPSA) is 65.8 Å². The third-order valence-electron chi connectivity index (χ3n) is 5.85. The van der Waals surface area contributed by atoms with Gasteiger partial charge in [-0.2, -0.15) is 0 Å². The van der Waals surface area contributed by atoms with Crippen molar-refractivity contribution in [1.29, 1.82) is 0 Å². The maximum absolute atomic E-state index is 13.6. The van der Waals surface area contributed by atoms with Crippen LogP contribution in [0.4, 0.5) is 10.2 Å². The molecule has 0 bridgehead atoms. The third kappa shape index (κ3) is 5.85. The van der Waals surface area contributed by atoms with Crippen LogP contribution in [-0.4, -0.2) is 47.3 Å². The highest BCUT2D eigenvalue weighted by atomic mass is 35.5. The molecule has 0 spiro atoms. The number of benzene rings is 1. The first-order valence-electron chi connectivity index (χ1n) is 11.1. The van der Waals surface area contributed by atoms with E-state index in [-0.39, 0.29) is 11.9 Å². The molecule has 1 saturated heterocycles. The van der Waals surface area contributed by atoms with Crippen LogP contribution in [0.3, 0.4) is 0 Å². The molecule has 0 radical (unpaired) electrons. The molecule has 0 amide bonds. The van der Waals surface area contributed by atoms with Crippen molar-refractivity contribution in [3.8, 4) is 0 Å². The van der Waals surface area contributed by atoms with Crippen LogP contribution >= 0.6 is 11.6 Å². The number of allylic oxidation sites excluding steroid dienone is 3. The lowest BCUT2D eigenvalue weighted by molar-refractivity contribution is 0.463. The molecule has 1 N–H and O–H groups in total. The minimum absolute atomic E-state index is 0.271. The number of anilines is 1. The fourth-order valence-corrected chi connectivity index (χ4v) is 4.30. The van der Waals surface area contributed by atoms with Crippen molar-refractivity contribution < 1.29 is 4.39 Å². The fourth-order valence-electron chi connectivity index (χ4n) is 4.03. The average molecular weight is 467 g/mol. The zero-order chi connectivity index (χ0) is 23.4. The number of nitrogens with one attached hydrogen (secondary N) is 1. The van der Waals surface area contributed by atoms with Gasteiger partial charge in [-0.3, -0.25) is 0 Å². The molecular formula is C25H28ClFN6. The molecule has 4 rings (SSSR count). The van der Waals surface area contributed by atoms with E-state index < -0.39 is 0 Å².